The minimum atomic E-state index is 0.397. The third-order valence-electron chi connectivity index (χ3n) is 2.99. The van der Waals surface area contributed by atoms with Gasteiger partial charge in [0.2, 0.25) is 0 Å². The minimum Gasteiger partial charge on any atom is -0.381 e. The van der Waals surface area contributed by atoms with Gasteiger partial charge in [0.1, 0.15) is 0 Å². The lowest BCUT2D eigenvalue weighted by atomic mass is 9.85. The van der Waals surface area contributed by atoms with Crippen LogP contribution in [0, 0.1) is 0 Å². The van der Waals surface area contributed by atoms with E-state index in [2.05, 4.69) is 19.3 Å². The third kappa shape index (κ3) is 2.46. The average molecular weight is 171 g/mol. The number of hydrogen-bond acceptors (Lipinski definition) is 2. The van der Waals surface area contributed by atoms with E-state index in [1.54, 1.807) is 0 Å². The Morgan fingerprint density at radius 2 is 2.00 bits per heavy atom. The summed E-state index contributed by atoms with van der Waals surface area (Å²) in [7, 11) is 2.08. The molecule has 1 heterocycles. The molecule has 0 amide bonds. The lowest BCUT2D eigenvalue weighted by molar-refractivity contribution is 0.0369. The molecule has 0 aromatic heterocycles. The van der Waals surface area contributed by atoms with E-state index in [1.165, 1.54) is 32.1 Å². The third-order valence-corrected chi connectivity index (χ3v) is 2.99. The van der Waals surface area contributed by atoms with E-state index in [9.17, 15) is 0 Å². The van der Waals surface area contributed by atoms with E-state index in [-0.39, 0.29) is 0 Å². The number of ether oxygens (including phenoxy) is 1. The summed E-state index contributed by atoms with van der Waals surface area (Å²) in [6, 6.07) is 0. The SMILES string of the molecule is CCCCC1(NC)CCOCC1. The van der Waals surface area contributed by atoms with Crippen LogP contribution in [-0.4, -0.2) is 25.8 Å². The van der Waals surface area contributed by atoms with Crippen LogP contribution in [0.4, 0.5) is 0 Å². The Morgan fingerprint density at radius 1 is 1.33 bits per heavy atom. The molecule has 0 atom stereocenters. The first-order valence-corrected chi connectivity index (χ1v) is 5.10. The molecule has 0 unspecified atom stereocenters. The molecule has 2 nitrogen and oxygen atoms in total. The zero-order valence-corrected chi connectivity index (χ0v) is 8.36. The van der Waals surface area contributed by atoms with E-state index < -0.39 is 0 Å². The highest BCUT2D eigenvalue weighted by molar-refractivity contribution is 4.88. The lowest BCUT2D eigenvalue weighted by Crippen LogP contribution is -2.47. The second-order valence-corrected chi connectivity index (χ2v) is 3.75. The van der Waals surface area contributed by atoms with Crippen molar-refractivity contribution in [2.75, 3.05) is 20.3 Å². The maximum Gasteiger partial charge on any atom is 0.0483 e. The molecule has 1 aliphatic heterocycles. The van der Waals surface area contributed by atoms with Crippen LogP contribution in [0.5, 0.6) is 0 Å². The Morgan fingerprint density at radius 3 is 2.50 bits per heavy atom. The van der Waals surface area contributed by atoms with Crippen molar-refractivity contribution >= 4 is 0 Å². The Bertz CT molecular complexity index is 119. The second kappa shape index (κ2) is 4.83. The largest absolute Gasteiger partial charge is 0.381 e. The molecule has 1 N–H and O–H groups in total. The fourth-order valence-electron chi connectivity index (χ4n) is 1.90. The van der Waals surface area contributed by atoms with Crippen molar-refractivity contribution in [3.63, 3.8) is 0 Å². The van der Waals surface area contributed by atoms with E-state index in [0.29, 0.717) is 5.54 Å². The molecular formula is C10H21NO. The fourth-order valence-corrected chi connectivity index (χ4v) is 1.90. The first-order chi connectivity index (χ1) is 5.83. The van der Waals surface area contributed by atoms with Crippen molar-refractivity contribution < 1.29 is 4.74 Å². The van der Waals surface area contributed by atoms with Gasteiger partial charge in [-0.3, -0.25) is 0 Å². The summed E-state index contributed by atoms with van der Waals surface area (Å²) < 4.78 is 5.37. The standard InChI is InChI=1S/C10H21NO/c1-3-4-5-10(11-2)6-8-12-9-7-10/h11H,3-9H2,1-2H3. The van der Waals surface area contributed by atoms with Gasteiger partial charge in [0.15, 0.2) is 0 Å². The van der Waals surface area contributed by atoms with Crippen LogP contribution in [0.15, 0.2) is 0 Å². The Kier molecular flexibility index (Phi) is 4.02. The molecule has 1 aliphatic rings. The Hall–Kier alpha value is -0.0800. The summed E-state index contributed by atoms with van der Waals surface area (Å²) in [6.45, 7) is 4.12. The number of rotatable bonds is 4. The van der Waals surface area contributed by atoms with Gasteiger partial charge < -0.3 is 10.1 Å². The van der Waals surface area contributed by atoms with Gasteiger partial charge in [0, 0.05) is 18.8 Å². The van der Waals surface area contributed by atoms with Crippen LogP contribution in [0.3, 0.4) is 0 Å². The molecule has 0 aromatic rings. The highest BCUT2D eigenvalue weighted by Crippen LogP contribution is 2.25. The molecule has 0 radical (unpaired) electrons. The van der Waals surface area contributed by atoms with Crippen molar-refractivity contribution in [1.82, 2.24) is 5.32 Å². The molecule has 0 bridgehead atoms. The Balaban J connectivity index is 2.37. The highest BCUT2D eigenvalue weighted by atomic mass is 16.5. The van der Waals surface area contributed by atoms with Crippen molar-refractivity contribution in [1.29, 1.82) is 0 Å². The first-order valence-electron chi connectivity index (χ1n) is 5.10. The van der Waals surface area contributed by atoms with Gasteiger partial charge in [-0.1, -0.05) is 19.8 Å². The normalized spacial score (nSPS) is 22.5. The zero-order chi connectivity index (χ0) is 8.86. The predicted octanol–water partition coefficient (Wildman–Crippen LogP) is 1.95. The van der Waals surface area contributed by atoms with Gasteiger partial charge >= 0.3 is 0 Å². The molecular weight excluding hydrogens is 150 g/mol. The summed E-state index contributed by atoms with van der Waals surface area (Å²) >= 11 is 0. The highest BCUT2D eigenvalue weighted by Gasteiger charge is 2.29. The molecule has 72 valence electrons. The van der Waals surface area contributed by atoms with E-state index in [1.807, 2.05) is 0 Å². The van der Waals surface area contributed by atoms with Crippen LogP contribution in [0.25, 0.3) is 0 Å². The first kappa shape index (κ1) is 10.0. The van der Waals surface area contributed by atoms with Crippen molar-refractivity contribution in [2.45, 2.75) is 44.6 Å². The molecule has 12 heavy (non-hydrogen) atoms. The fraction of sp³-hybridized carbons (Fsp3) is 1.00. The summed E-state index contributed by atoms with van der Waals surface area (Å²) in [5, 5.41) is 3.47. The topological polar surface area (TPSA) is 21.3 Å². The quantitative estimate of drug-likeness (QED) is 0.698. The van der Waals surface area contributed by atoms with Gasteiger partial charge in [-0.2, -0.15) is 0 Å². The van der Waals surface area contributed by atoms with Crippen molar-refractivity contribution in [2.24, 2.45) is 0 Å². The Labute approximate surface area is 75.7 Å². The number of unbranched alkanes of at least 4 members (excludes halogenated alkanes) is 1. The molecule has 0 aliphatic carbocycles. The summed E-state index contributed by atoms with van der Waals surface area (Å²) in [4.78, 5) is 0. The van der Waals surface area contributed by atoms with Gasteiger partial charge in [-0.25, -0.2) is 0 Å². The van der Waals surface area contributed by atoms with E-state index in [4.69, 9.17) is 4.74 Å². The lowest BCUT2D eigenvalue weighted by Gasteiger charge is -2.37. The minimum absolute atomic E-state index is 0.397. The van der Waals surface area contributed by atoms with Gasteiger partial charge in [-0.15, -0.1) is 0 Å². The van der Waals surface area contributed by atoms with Crippen molar-refractivity contribution in [3.05, 3.63) is 0 Å². The number of hydrogen-bond donors (Lipinski definition) is 1. The summed E-state index contributed by atoms with van der Waals surface area (Å²) in [5.41, 5.74) is 0.397. The van der Waals surface area contributed by atoms with Crippen LogP contribution >= 0.6 is 0 Å². The monoisotopic (exact) mass is 171 g/mol. The zero-order valence-electron chi connectivity index (χ0n) is 8.36. The maximum absolute atomic E-state index is 5.37. The van der Waals surface area contributed by atoms with Crippen LogP contribution in [0.2, 0.25) is 0 Å². The molecule has 2 heteroatoms. The molecule has 1 fully saturated rings. The summed E-state index contributed by atoms with van der Waals surface area (Å²) in [6.07, 6.45) is 6.31. The van der Waals surface area contributed by atoms with E-state index in [0.717, 1.165) is 13.2 Å². The maximum atomic E-state index is 5.37. The molecule has 1 rings (SSSR count). The van der Waals surface area contributed by atoms with Gasteiger partial charge in [0.05, 0.1) is 0 Å². The van der Waals surface area contributed by atoms with Crippen LogP contribution < -0.4 is 5.32 Å². The average Bonchev–Trinajstić information content (AvgIpc) is 2.16. The van der Waals surface area contributed by atoms with E-state index >= 15 is 0 Å². The summed E-state index contributed by atoms with van der Waals surface area (Å²) in [5.74, 6) is 0. The van der Waals surface area contributed by atoms with Gasteiger partial charge in [0.25, 0.3) is 0 Å². The molecule has 1 saturated heterocycles. The van der Waals surface area contributed by atoms with Crippen LogP contribution in [-0.2, 0) is 4.74 Å². The van der Waals surface area contributed by atoms with Gasteiger partial charge in [-0.05, 0) is 26.3 Å². The second-order valence-electron chi connectivity index (χ2n) is 3.75. The molecule has 0 spiro atoms. The van der Waals surface area contributed by atoms with Crippen LogP contribution in [0.1, 0.15) is 39.0 Å². The smallest absolute Gasteiger partial charge is 0.0483 e. The predicted molar refractivity (Wildman–Crippen MR) is 51.4 cm³/mol. The number of nitrogens with one attached hydrogen (secondary N) is 1. The molecule has 0 aromatic carbocycles. The van der Waals surface area contributed by atoms with Crippen molar-refractivity contribution in [3.8, 4) is 0 Å². The molecule has 0 saturated carbocycles.